The average Bonchev–Trinajstić information content (AvgIpc) is 2.97. The average molecular weight is 327 g/mol. The monoisotopic (exact) mass is 327 g/mol. The molecule has 0 fully saturated rings. The zero-order valence-electron chi connectivity index (χ0n) is 13.5. The predicted molar refractivity (Wildman–Crippen MR) is 103 cm³/mol. The van der Waals surface area contributed by atoms with Crippen LogP contribution in [0.25, 0.3) is 27.8 Å². The fourth-order valence-corrected chi connectivity index (χ4v) is 4.72. The summed E-state index contributed by atoms with van der Waals surface area (Å²) in [5.74, 6) is 1.03. The molecule has 0 radical (unpaired) electrons. The van der Waals surface area contributed by atoms with E-state index in [9.17, 15) is 0 Å². The number of rotatable bonds is 1. The summed E-state index contributed by atoms with van der Waals surface area (Å²) in [6.45, 7) is 2.14. The van der Waals surface area contributed by atoms with Crippen molar-refractivity contribution >= 4 is 22.7 Å². The fourth-order valence-electron chi connectivity index (χ4n) is 3.64. The Balaban J connectivity index is 1.92. The van der Waals surface area contributed by atoms with Crippen LogP contribution in [0.15, 0.2) is 77.7 Å². The zero-order valence-corrected chi connectivity index (χ0v) is 14.3. The van der Waals surface area contributed by atoms with E-state index in [2.05, 4.69) is 84.3 Å². The summed E-state index contributed by atoms with van der Waals surface area (Å²) in [5, 5.41) is 1.37. The molecule has 1 aliphatic heterocycles. The summed E-state index contributed by atoms with van der Waals surface area (Å²) < 4.78 is 2.43. The van der Waals surface area contributed by atoms with E-state index in [1.54, 1.807) is 0 Å². The molecule has 0 atom stereocenters. The maximum absolute atomic E-state index is 2.43. The summed E-state index contributed by atoms with van der Waals surface area (Å²) in [7, 11) is 0. The molecule has 1 aromatic heterocycles. The summed E-state index contributed by atoms with van der Waals surface area (Å²) >= 11 is 1.94. The lowest BCUT2D eigenvalue weighted by atomic mass is 10.1. The second kappa shape index (κ2) is 5.29. The number of nitrogens with zero attached hydrogens (tertiary/aromatic N) is 1. The Morgan fingerprint density at radius 3 is 2.46 bits per heavy atom. The van der Waals surface area contributed by atoms with Gasteiger partial charge >= 0.3 is 0 Å². The fraction of sp³-hybridized carbons (Fsp3) is 0.0909. The van der Waals surface area contributed by atoms with Gasteiger partial charge in [0.15, 0.2) is 0 Å². The molecule has 0 saturated heterocycles. The Kier molecular flexibility index (Phi) is 3.07. The van der Waals surface area contributed by atoms with E-state index < -0.39 is 0 Å². The van der Waals surface area contributed by atoms with Crippen LogP contribution in [0.2, 0.25) is 0 Å². The van der Waals surface area contributed by atoms with Gasteiger partial charge in [0.1, 0.15) is 0 Å². The van der Waals surface area contributed by atoms with Crippen molar-refractivity contribution in [2.24, 2.45) is 0 Å². The minimum Gasteiger partial charge on any atom is -0.309 e. The molecule has 1 nitrogen and oxygen atoms in total. The maximum Gasteiger partial charge on any atom is 0.0592 e. The Bertz CT molecular complexity index is 1060. The Morgan fingerprint density at radius 2 is 1.58 bits per heavy atom. The van der Waals surface area contributed by atoms with E-state index in [1.165, 1.54) is 43.9 Å². The van der Waals surface area contributed by atoms with E-state index in [1.807, 2.05) is 11.8 Å². The van der Waals surface area contributed by atoms with Gasteiger partial charge < -0.3 is 4.57 Å². The Labute approximate surface area is 145 Å². The highest BCUT2D eigenvalue weighted by Crippen LogP contribution is 2.46. The van der Waals surface area contributed by atoms with Gasteiger partial charge in [-0.1, -0.05) is 54.1 Å². The lowest BCUT2D eigenvalue weighted by molar-refractivity contribution is 1.10. The van der Waals surface area contributed by atoms with Crippen molar-refractivity contribution in [3.05, 3.63) is 83.9 Å². The normalized spacial score (nSPS) is 12.9. The van der Waals surface area contributed by atoms with Gasteiger partial charge in [0, 0.05) is 27.3 Å². The molecule has 24 heavy (non-hydrogen) atoms. The van der Waals surface area contributed by atoms with Crippen LogP contribution in [0.1, 0.15) is 11.1 Å². The topological polar surface area (TPSA) is 4.93 Å². The van der Waals surface area contributed by atoms with Crippen LogP contribution in [0.5, 0.6) is 0 Å². The molecular formula is C22H17NS. The summed E-state index contributed by atoms with van der Waals surface area (Å²) in [6, 6.07) is 26.4. The SMILES string of the molecule is Cc1ccc(-n2c3c(c4ccccc42)CSc2ccccc2-3)cc1. The smallest absolute Gasteiger partial charge is 0.0592 e. The van der Waals surface area contributed by atoms with Gasteiger partial charge in [-0.3, -0.25) is 0 Å². The van der Waals surface area contributed by atoms with Crippen molar-refractivity contribution < 1.29 is 0 Å². The number of benzene rings is 3. The first-order valence-corrected chi connectivity index (χ1v) is 9.23. The summed E-state index contributed by atoms with van der Waals surface area (Å²) in [6.07, 6.45) is 0. The lowest BCUT2D eigenvalue weighted by Crippen LogP contribution is -2.01. The van der Waals surface area contributed by atoms with Crippen molar-refractivity contribution in [1.29, 1.82) is 0 Å². The van der Waals surface area contributed by atoms with Crippen molar-refractivity contribution in [2.45, 2.75) is 17.6 Å². The highest BCUT2D eigenvalue weighted by molar-refractivity contribution is 7.98. The van der Waals surface area contributed by atoms with Crippen LogP contribution in [0.4, 0.5) is 0 Å². The number of aryl methyl sites for hydroxylation is 1. The molecule has 116 valence electrons. The molecule has 0 bridgehead atoms. The third-order valence-corrected chi connectivity index (χ3v) is 5.89. The van der Waals surface area contributed by atoms with E-state index >= 15 is 0 Å². The van der Waals surface area contributed by atoms with Crippen LogP contribution in [0.3, 0.4) is 0 Å². The molecule has 0 amide bonds. The Morgan fingerprint density at radius 1 is 0.833 bits per heavy atom. The number of para-hydroxylation sites is 1. The van der Waals surface area contributed by atoms with E-state index in [-0.39, 0.29) is 0 Å². The first-order chi connectivity index (χ1) is 11.8. The number of hydrogen-bond acceptors (Lipinski definition) is 1. The van der Waals surface area contributed by atoms with Crippen molar-refractivity contribution in [3.8, 4) is 16.9 Å². The number of thioether (sulfide) groups is 1. The molecule has 0 spiro atoms. The van der Waals surface area contributed by atoms with Crippen LogP contribution < -0.4 is 0 Å². The molecule has 4 aromatic rings. The second-order valence-electron chi connectivity index (χ2n) is 6.30. The molecule has 0 aliphatic carbocycles. The standard InChI is InChI=1S/C22H17NS/c1-15-10-12-16(13-11-15)23-20-8-4-2-6-17(20)19-14-24-21-9-5-3-7-18(21)22(19)23/h2-13H,14H2,1H3. The van der Waals surface area contributed by atoms with Crippen LogP contribution in [-0.2, 0) is 5.75 Å². The van der Waals surface area contributed by atoms with Gasteiger partial charge in [0.2, 0.25) is 0 Å². The van der Waals surface area contributed by atoms with Gasteiger partial charge in [-0.25, -0.2) is 0 Å². The van der Waals surface area contributed by atoms with Crippen LogP contribution in [0, 0.1) is 6.92 Å². The van der Waals surface area contributed by atoms with Crippen molar-refractivity contribution in [3.63, 3.8) is 0 Å². The number of hydrogen-bond donors (Lipinski definition) is 0. The quantitative estimate of drug-likeness (QED) is 0.402. The summed E-state index contributed by atoms with van der Waals surface area (Å²) in [4.78, 5) is 1.38. The largest absolute Gasteiger partial charge is 0.309 e. The third-order valence-electron chi connectivity index (χ3n) is 4.79. The molecule has 2 heteroatoms. The molecule has 0 unspecified atom stereocenters. The highest BCUT2D eigenvalue weighted by Gasteiger charge is 2.24. The van der Waals surface area contributed by atoms with E-state index in [4.69, 9.17) is 0 Å². The van der Waals surface area contributed by atoms with E-state index in [0.717, 1.165) is 5.75 Å². The molecule has 0 saturated carbocycles. The van der Waals surface area contributed by atoms with Gasteiger partial charge in [-0.15, -0.1) is 11.8 Å². The summed E-state index contributed by atoms with van der Waals surface area (Å²) in [5.41, 5.74) is 7.98. The first kappa shape index (κ1) is 13.9. The highest BCUT2D eigenvalue weighted by atomic mass is 32.2. The van der Waals surface area contributed by atoms with Crippen LogP contribution >= 0.6 is 11.8 Å². The molecule has 3 aromatic carbocycles. The van der Waals surface area contributed by atoms with Gasteiger partial charge in [0.25, 0.3) is 0 Å². The molecular weight excluding hydrogens is 310 g/mol. The lowest BCUT2D eigenvalue weighted by Gasteiger charge is -2.19. The van der Waals surface area contributed by atoms with Gasteiger partial charge in [-0.2, -0.15) is 0 Å². The minimum atomic E-state index is 1.03. The first-order valence-electron chi connectivity index (χ1n) is 8.24. The number of fused-ring (bicyclic) bond motifs is 5. The molecule has 1 aliphatic rings. The van der Waals surface area contributed by atoms with Crippen molar-refractivity contribution in [1.82, 2.24) is 4.57 Å². The third kappa shape index (κ3) is 1.96. The Hall–Kier alpha value is -2.45. The minimum absolute atomic E-state index is 1.03. The molecule has 0 N–H and O–H groups in total. The maximum atomic E-state index is 2.43. The second-order valence-corrected chi connectivity index (χ2v) is 7.32. The van der Waals surface area contributed by atoms with Crippen LogP contribution in [-0.4, -0.2) is 4.57 Å². The molecule has 5 rings (SSSR count). The zero-order chi connectivity index (χ0) is 16.1. The van der Waals surface area contributed by atoms with E-state index in [0.29, 0.717) is 0 Å². The van der Waals surface area contributed by atoms with Gasteiger partial charge in [0.05, 0.1) is 11.2 Å². The molecule has 2 heterocycles. The predicted octanol–water partition coefficient (Wildman–Crippen LogP) is 6.21. The van der Waals surface area contributed by atoms with Gasteiger partial charge in [-0.05, 0) is 36.8 Å². The van der Waals surface area contributed by atoms with Crippen molar-refractivity contribution in [2.75, 3.05) is 0 Å². The number of aromatic nitrogens is 1.